The Kier molecular flexibility index (Phi) is 9.03. The predicted molar refractivity (Wildman–Crippen MR) is 69.9 cm³/mol. The summed E-state index contributed by atoms with van der Waals surface area (Å²) in [5.74, 6) is -0.0953. The van der Waals surface area contributed by atoms with E-state index < -0.39 is 6.04 Å². The van der Waals surface area contributed by atoms with Gasteiger partial charge < -0.3 is 20.7 Å². The maximum atomic E-state index is 11.5. The fourth-order valence-electron chi connectivity index (χ4n) is 1.41. The number of nitrogens with zero attached hydrogens (tertiary/aromatic N) is 1. The van der Waals surface area contributed by atoms with Gasteiger partial charge in [-0.15, -0.1) is 0 Å². The van der Waals surface area contributed by atoms with E-state index in [0.29, 0.717) is 19.6 Å². The monoisotopic (exact) mass is 245 g/mol. The summed E-state index contributed by atoms with van der Waals surface area (Å²) in [4.78, 5) is 13.6. The zero-order valence-corrected chi connectivity index (χ0v) is 11.5. The molecule has 0 saturated heterocycles. The van der Waals surface area contributed by atoms with E-state index in [0.717, 1.165) is 13.0 Å². The Morgan fingerprint density at radius 3 is 2.53 bits per heavy atom. The van der Waals surface area contributed by atoms with Crippen LogP contribution in [0.2, 0.25) is 0 Å². The molecule has 3 N–H and O–H groups in total. The number of nitrogens with two attached hydrogens (primary N) is 1. The summed E-state index contributed by atoms with van der Waals surface area (Å²) >= 11 is 0. The molecule has 17 heavy (non-hydrogen) atoms. The van der Waals surface area contributed by atoms with Crippen molar-refractivity contribution in [3.05, 3.63) is 0 Å². The standard InChI is InChI=1S/C12H27N3O2/c1-5-11(13)12(16)14-9-10(17-6-2)7-8-15(3)4/h10-11H,5-9,13H2,1-4H3,(H,14,16)/t10?,11-/m0/s1. The molecular formula is C12H27N3O2. The molecule has 0 spiro atoms. The number of hydrogen-bond acceptors (Lipinski definition) is 4. The van der Waals surface area contributed by atoms with Gasteiger partial charge in [0.1, 0.15) is 0 Å². The third kappa shape index (κ3) is 8.12. The van der Waals surface area contributed by atoms with Crippen molar-refractivity contribution in [3.8, 4) is 0 Å². The first-order chi connectivity index (χ1) is 8.01. The van der Waals surface area contributed by atoms with Crippen molar-refractivity contribution in [2.75, 3.05) is 33.8 Å². The van der Waals surface area contributed by atoms with E-state index in [9.17, 15) is 4.79 Å². The minimum Gasteiger partial charge on any atom is -0.377 e. The molecule has 2 atom stereocenters. The lowest BCUT2D eigenvalue weighted by Gasteiger charge is -2.20. The summed E-state index contributed by atoms with van der Waals surface area (Å²) in [5, 5.41) is 2.83. The lowest BCUT2D eigenvalue weighted by Crippen LogP contribution is -2.44. The van der Waals surface area contributed by atoms with Gasteiger partial charge in [-0.05, 0) is 33.9 Å². The second-order valence-electron chi connectivity index (χ2n) is 4.43. The second kappa shape index (κ2) is 9.39. The van der Waals surface area contributed by atoms with Gasteiger partial charge in [0, 0.05) is 19.7 Å². The van der Waals surface area contributed by atoms with Gasteiger partial charge in [-0.25, -0.2) is 0 Å². The predicted octanol–water partition coefficient (Wildman–Crippen LogP) is 0.197. The summed E-state index contributed by atoms with van der Waals surface area (Å²) in [6.45, 7) is 6.00. The van der Waals surface area contributed by atoms with Crippen molar-refractivity contribution in [1.29, 1.82) is 0 Å². The van der Waals surface area contributed by atoms with Crippen LogP contribution in [0.1, 0.15) is 26.7 Å². The Morgan fingerprint density at radius 1 is 1.41 bits per heavy atom. The van der Waals surface area contributed by atoms with Gasteiger partial charge in [-0.3, -0.25) is 4.79 Å². The molecule has 0 aromatic carbocycles. The minimum absolute atomic E-state index is 0.0652. The molecule has 0 rings (SSSR count). The summed E-state index contributed by atoms with van der Waals surface area (Å²) in [6, 6.07) is -0.411. The first-order valence-corrected chi connectivity index (χ1v) is 6.30. The van der Waals surface area contributed by atoms with E-state index in [1.54, 1.807) is 0 Å². The van der Waals surface area contributed by atoms with Crippen molar-refractivity contribution >= 4 is 5.91 Å². The summed E-state index contributed by atoms with van der Waals surface area (Å²) in [6.07, 6.45) is 1.63. The third-order valence-electron chi connectivity index (χ3n) is 2.58. The highest BCUT2D eigenvalue weighted by Gasteiger charge is 2.14. The second-order valence-corrected chi connectivity index (χ2v) is 4.43. The van der Waals surface area contributed by atoms with Gasteiger partial charge in [-0.1, -0.05) is 6.92 Å². The molecule has 1 amide bonds. The lowest BCUT2D eigenvalue weighted by atomic mass is 10.2. The zero-order chi connectivity index (χ0) is 13.3. The first-order valence-electron chi connectivity index (χ1n) is 6.30. The van der Waals surface area contributed by atoms with E-state index in [4.69, 9.17) is 10.5 Å². The van der Waals surface area contributed by atoms with Crippen LogP contribution in [-0.2, 0) is 9.53 Å². The number of hydrogen-bond donors (Lipinski definition) is 2. The van der Waals surface area contributed by atoms with Crippen molar-refractivity contribution in [2.24, 2.45) is 5.73 Å². The summed E-state index contributed by atoms with van der Waals surface area (Å²) in [7, 11) is 4.04. The third-order valence-corrected chi connectivity index (χ3v) is 2.58. The van der Waals surface area contributed by atoms with E-state index >= 15 is 0 Å². The number of ether oxygens (including phenoxy) is 1. The Hall–Kier alpha value is -0.650. The van der Waals surface area contributed by atoms with Crippen LogP contribution in [0.3, 0.4) is 0 Å². The van der Waals surface area contributed by atoms with Crippen LogP contribution in [0.4, 0.5) is 0 Å². The SMILES string of the molecule is CCOC(CCN(C)C)CNC(=O)[C@@H](N)CC. The largest absolute Gasteiger partial charge is 0.377 e. The Bertz CT molecular complexity index is 210. The molecule has 0 aliphatic rings. The van der Waals surface area contributed by atoms with Gasteiger partial charge in [0.25, 0.3) is 0 Å². The fourth-order valence-corrected chi connectivity index (χ4v) is 1.41. The average Bonchev–Trinajstić information content (AvgIpc) is 2.31. The van der Waals surface area contributed by atoms with E-state index in [1.165, 1.54) is 0 Å². The summed E-state index contributed by atoms with van der Waals surface area (Å²) < 4.78 is 5.57. The maximum absolute atomic E-state index is 11.5. The molecule has 0 fully saturated rings. The zero-order valence-electron chi connectivity index (χ0n) is 11.5. The maximum Gasteiger partial charge on any atom is 0.236 e. The highest BCUT2D eigenvalue weighted by Crippen LogP contribution is 1.99. The Morgan fingerprint density at radius 2 is 2.06 bits per heavy atom. The van der Waals surface area contributed by atoms with Crippen LogP contribution in [0, 0.1) is 0 Å². The molecule has 5 heteroatoms. The molecule has 0 radical (unpaired) electrons. The first kappa shape index (κ1) is 16.4. The lowest BCUT2D eigenvalue weighted by molar-refractivity contribution is -0.123. The molecule has 0 aliphatic heterocycles. The van der Waals surface area contributed by atoms with Crippen molar-refractivity contribution in [1.82, 2.24) is 10.2 Å². The number of amides is 1. The molecule has 0 heterocycles. The van der Waals surface area contributed by atoms with Crippen LogP contribution in [0.5, 0.6) is 0 Å². The highest BCUT2D eigenvalue weighted by atomic mass is 16.5. The van der Waals surface area contributed by atoms with Crippen LogP contribution in [0.15, 0.2) is 0 Å². The Balaban J connectivity index is 3.94. The van der Waals surface area contributed by atoms with Crippen LogP contribution < -0.4 is 11.1 Å². The average molecular weight is 245 g/mol. The van der Waals surface area contributed by atoms with Crippen LogP contribution in [-0.4, -0.2) is 56.7 Å². The molecule has 0 bridgehead atoms. The van der Waals surface area contributed by atoms with E-state index in [2.05, 4.69) is 10.2 Å². The molecule has 0 aromatic heterocycles. The molecule has 5 nitrogen and oxygen atoms in total. The highest BCUT2D eigenvalue weighted by molar-refractivity contribution is 5.81. The Labute approximate surface area is 105 Å². The van der Waals surface area contributed by atoms with Gasteiger partial charge in [-0.2, -0.15) is 0 Å². The number of nitrogens with one attached hydrogen (secondary N) is 1. The molecule has 1 unspecified atom stereocenters. The van der Waals surface area contributed by atoms with Gasteiger partial charge in [0.15, 0.2) is 0 Å². The topological polar surface area (TPSA) is 67.6 Å². The minimum atomic E-state index is -0.411. The molecule has 0 aromatic rings. The number of rotatable bonds is 9. The van der Waals surface area contributed by atoms with E-state index in [-0.39, 0.29) is 12.0 Å². The van der Waals surface area contributed by atoms with Gasteiger partial charge >= 0.3 is 0 Å². The quantitative estimate of drug-likeness (QED) is 0.609. The van der Waals surface area contributed by atoms with E-state index in [1.807, 2.05) is 27.9 Å². The fraction of sp³-hybridized carbons (Fsp3) is 0.917. The van der Waals surface area contributed by atoms with Crippen LogP contribution >= 0.6 is 0 Å². The van der Waals surface area contributed by atoms with Gasteiger partial charge in [0.05, 0.1) is 12.1 Å². The molecular weight excluding hydrogens is 218 g/mol. The molecule has 102 valence electrons. The number of carbonyl (C=O) groups is 1. The molecule has 0 aliphatic carbocycles. The normalized spacial score (nSPS) is 14.7. The van der Waals surface area contributed by atoms with Gasteiger partial charge in [0.2, 0.25) is 5.91 Å². The van der Waals surface area contributed by atoms with Crippen molar-refractivity contribution in [2.45, 2.75) is 38.8 Å². The summed E-state index contributed by atoms with van der Waals surface area (Å²) in [5.41, 5.74) is 5.64. The van der Waals surface area contributed by atoms with Crippen molar-refractivity contribution in [3.63, 3.8) is 0 Å². The number of carbonyl (C=O) groups excluding carboxylic acids is 1. The molecule has 0 saturated carbocycles. The smallest absolute Gasteiger partial charge is 0.236 e. The van der Waals surface area contributed by atoms with Crippen LogP contribution in [0.25, 0.3) is 0 Å². The van der Waals surface area contributed by atoms with Crippen molar-refractivity contribution < 1.29 is 9.53 Å².